The van der Waals surface area contributed by atoms with Crippen molar-refractivity contribution in [1.82, 2.24) is 49.5 Å². The Kier molecular flexibility index (Phi) is 16.0. The molecule has 318 valence electrons. The number of carbonyl (C=O) groups excluding carboxylic acids is 3. The van der Waals surface area contributed by atoms with E-state index in [2.05, 4.69) is 65.5 Å². The number of rotatable bonds is 24. The van der Waals surface area contributed by atoms with Crippen molar-refractivity contribution in [2.45, 2.75) is 52.4 Å². The number of anilines is 2. The van der Waals surface area contributed by atoms with Crippen molar-refractivity contribution < 1.29 is 33.3 Å². The molecule has 0 bridgehead atoms. The Bertz CT molecular complexity index is 2010. The van der Waals surface area contributed by atoms with Gasteiger partial charge >= 0.3 is 6.03 Å². The third kappa shape index (κ3) is 12.4. The summed E-state index contributed by atoms with van der Waals surface area (Å²) in [6.45, 7) is 10.6. The van der Waals surface area contributed by atoms with E-state index in [9.17, 15) is 14.4 Å². The first-order valence-electron chi connectivity index (χ1n) is 20.2. The smallest absolute Gasteiger partial charge is 0.317 e. The summed E-state index contributed by atoms with van der Waals surface area (Å²) < 4.78 is 26.3. The molecule has 0 aliphatic carbocycles. The number of fused-ring (bicyclic) bond motifs is 1. The number of nitrogens with one attached hydrogen (secondary N) is 2. The van der Waals surface area contributed by atoms with Crippen molar-refractivity contribution in [2.75, 3.05) is 97.1 Å². The van der Waals surface area contributed by atoms with E-state index in [1.807, 2.05) is 17.2 Å². The van der Waals surface area contributed by atoms with Gasteiger partial charge in [0.1, 0.15) is 17.0 Å². The van der Waals surface area contributed by atoms with E-state index in [1.54, 1.807) is 18.0 Å². The number of unbranched alkanes of at least 4 members (excludes halogenated alkanes) is 2. The molecule has 0 radical (unpaired) electrons. The minimum absolute atomic E-state index is 0.0859. The topological polar surface area (TPSA) is 209 Å². The highest BCUT2D eigenvalue weighted by Gasteiger charge is 2.25. The van der Waals surface area contributed by atoms with Crippen molar-refractivity contribution in [3.8, 4) is 5.75 Å². The van der Waals surface area contributed by atoms with Gasteiger partial charge in [-0.25, -0.2) is 14.5 Å². The van der Waals surface area contributed by atoms with E-state index >= 15 is 0 Å². The largest absolute Gasteiger partial charge is 0.496 e. The molecule has 5 heterocycles. The average molecular weight is 817 g/mol. The molecule has 4 amide bonds. The van der Waals surface area contributed by atoms with Crippen molar-refractivity contribution in [1.29, 1.82) is 0 Å². The number of aromatic nitrogens is 6. The summed E-state index contributed by atoms with van der Waals surface area (Å²) >= 11 is 0. The molecule has 2 aliphatic heterocycles. The zero-order valence-corrected chi connectivity index (χ0v) is 34.0. The SMILES string of the molecule is CCCCCNc1nc(N)nc2ccn(Cc3ccc(CN4CCN(C(=O)NCCOCCOCCOCCn5cc(CN6C(=O)C=CC6=O)nn5)CC4)cc3OC)c12. The molecule has 2 aliphatic rings. The zero-order valence-electron chi connectivity index (χ0n) is 34.0. The van der Waals surface area contributed by atoms with Crippen LogP contribution in [0.2, 0.25) is 0 Å². The van der Waals surface area contributed by atoms with Gasteiger partial charge in [0.15, 0.2) is 5.82 Å². The maximum Gasteiger partial charge on any atom is 0.317 e. The van der Waals surface area contributed by atoms with Crippen molar-refractivity contribution in [3.05, 3.63) is 65.6 Å². The lowest BCUT2D eigenvalue weighted by Gasteiger charge is -2.34. The van der Waals surface area contributed by atoms with Gasteiger partial charge in [0.05, 0.1) is 78.1 Å². The summed E-state index contributed by atoms with van der Waals surface area (Å²) in [7, 11) is 1.70. The van der Waals surface area contributed by atoms with Crippen LogP contribution in [-0.2, 0) is 50.0 Å². The minimum Gasteiger partial charge on any atom is -0.496 e. The van der Waals surface area contributed by atoms with Crippen LogP contribution in [0.5, 0.6) is 5.75 Å². The average Bonchev–Trinajstić information content (AvgIpc) is 3.96. The predicted molar refractivity (Wildman–Crippen MR) is 219 cm³/mol. The minimum atomic E-state index is -0.355. The lowest BCUT2D eigenvalue weighted by atomic mass is 10.1. The Labute approximate surface area is 343 Å². The number of benzene rings is 1. The maximum atomic E-state index is 12.8. The van der Waals surface area contributed by atoms with Gasteiger partial charge in [-0.2, -0.15) is 4.98 Å². The van der Waals surface area contributed by atoms with E-state index in [0.717, 1.165) is 84.1 Å². The Hall–Kier alpha value is -5.63. The van der Waals surface area contributed by atoms with E-state index in [4.69, 9.17) is 24.7 Å². The first-order valence-corrected chi connectivity index (χ1v) is 20.2. The molecule has 1 fully saturated rings. The van der Waals surface area contributed by atoms with Gasteiger partial charge in [-0.3, -0.25) is 19.4 Å². The van der Waals surface area contributed by atoms with Gasteiger partial charge in [0.25, 0.3) is 11.8 Å². The molecular formula is C40H56N12O7. The number of nitrogens with zero attached hydrogens (tertiary/aromatic N) is 9. The quantitative estimate of drug-likeness (QED) is 0.0685. The van der Waals surface area contributed by atoms with Gasteiger partial charge in [0.2, 0.25) is 5.95 Å². The van der Waals surface area contributed by atoms with Gasteiger partial charge in [-0.05, 0) is 24.1 Å². The second-order valence-corrected chi connectivity index (χ2v) is 14.3. The molecule has 1 saturated heterocycles. The summed E-state index contributed by atoms with van der Waals surface area (Å²) in [5, 5.41) is 14.4. The van der Waals surface area contributed by atoms with Crippen LogP contribution in [-0.4, -0.2) is 148 Å². The van der Waals surface area contributed by atoms with Crippen molar-refractivity contribution >= 4 is 40.6 Å². The van der Waals surface area contributed by atoms with E-state index < -0.39 is 0 Å². The van der Waals surface area contributed by atoms with Crippen LogP contribution < -0.4 is 21.1 Å². The Morgan fingerprint density at radius 2 is 1.61 bits per heavy atom. The van der Waals surface area contributed by atoms with Gasteiger partial charge in [-0.1, -0.05) is 37.1 Å². The highest BCUT2D eigenvalue weighted by atomic mass is 16.5. The Morgan fingerprint density at radius 1 is 0.864 bits per heavy atom. The monoisotopic (exact) mass is 816 g/mol. The number of nitrogen functional groups attached to an aromatic ring is 1. The number of ether oxygens (including phenoxy) is 4. The summed E-state index contributed by atoms with van der Waals surface area (Å²) in [6, 6.07) is 8.24. The molecular weight excluding hydrogens is 761 g/mol. The molecule has 19 nitrogen and oxygen atoms in total. The van der Waals surface area contributed by atoms with Crippen LogP contribution in [0.25, 0.3) is 11.0 Å². The second-order valence-electron chi connectivity index (χ2n) is 14.3. The fraction of sp³-hybridized carbons (Fsp3) is 0.525. The molecule has 3 aromatic heterocycles. The zero-order chi connectivity index (χ0) is 41.4. The number of nitrogens with two attached hydrogens (primary N) is 1. The summed E-state index contributed by atoms with van der Waals surface area (Å²) in [6.07, 6.45) is 9.53. The molecule has 1 aromatic carbocycles. The van der Waals surface area contributed by atoms with E-state index in [0.29, 0.717) is 78.1 Å². The number of urea groups is 1. The number of imide groups is 1. The molecule has 59 heavy (non-hydrogen) atoms. The van der Waals surface area contributed by atoms with Crippen LogP contribution in [0, 0.1) is 0 Å². The fourth-order valence-electron chi connectivity index (χ4n) is 6.84. The van der Waals surface area contributed by atoms with Crippen LogP contribution in [0.3, 0.4) is 0 Å². The number of methoxy groups -OCH3 is 1. The summed E-state index contributed by atoms with van der Waals surface area (Å²) in [4.78, 5) is 50.4. The molecule has 4 N–H and O–H groups in total. The second kappa shape index (κ2) is 21.9. The number of carbonyl (C=O) groups is 3. The highest BCUT2D eigenvalue weighted by molar-refractivity contribution is 6.12. The molecule has 0 spiro atoms. The number of amides is 4. The lowest BCUT2D eigenvalue weighted by Crippen LogP contribution is -2.51. The Morgan fingerprint density at radius 3 is 2.36 bits per heavy atom. The predicted octanol–water partition coefficient (Wildman–Crippen LogP) is 2.27. The number of piperazine rings is 1. The highest BCUT2D eigenvalue weighted by Crippen LogP contribution is 2.27. The van der Waals surface area contributed by atoms with Gasteiger partial charge < -0.3 is 44.8 Å². The number of hydrogen-bond acceptors (Lipinski definition) is 14. The van der Waals surface area contributed by atoms with Crippen LogP contribution in [0.4, 0.5) is 16.6 Å². The van der Waals surface area contributed by atoms with E-state index in [1.165, 1.54) is 12.2 Å². The lowest BCUT2D eigenvalue weighted by molar-refractivity contribution is -0.137. The van der Waals surface area contributed by atoms with E-state index in [-0.39, 0.29) is 30.3 Å². The van der Waals surface area contributed by atoms with Gasteiger partial charge in [0, 0.05) is 69.7 Å². The third-order valence-corrected chi connectivity index (χ3v) is 10.00. The molecule has 19 heteroatoms. The molecule has 0 unspecified atom stereocenters. The standard InChI is InChI=1S/C40H56N12O7/c1-3-4-5-11-42-38-37-33(44-39(41)45-38)10-13-50(37)27-31-7-6-30(25-34(31)56-2)26-48-14-16-49(17-15-48)40(55)43-12-19-57-21-23-59-24-22-58-20-18-51-28-32(46-47-51)29-52-35(53)8-9-36(52)54/h6-10,13,25,28H,3-5,11-12,14-24,26-27,29H2,1-2H3,(H,43,55)(H3,41,42,44,45). The van der Waals surface area contributed by atoms with Crippen LogP contribution in [0.15, 0.2) is 48.8 Å². The Balaban J connectivity index is 0.810. The normalized spacial score (nSPS) is 14.5. The number of hydrogen-bond donors (Lipinski definition) is 3. The fourth-order valence-corrected chi connectivity index (χ4v) is 6.84. The van der Waals surface area contributed by atoms with Crippen molar-refractivity contribution in [2.24, 2.45) is 0 Å². The third-order valence-electron chi connectivity index (χ3n) is 10.00. The molecule has 0 saturated carbocycles. The van der Waals surface area contributed by atoms with Crippen LogP contribution in [0.1, 0.15) is 43.0 Å². The summed E-state index contributed by atoms with van der Waals surface area (Å²) in [5.41, 5.74) is 10.5. The van der Waals surface area contributed by atoms with Crippen LogP contribution >= 0.6 is 0 Å². The van der Waals surface area contributed by atoms with Gasteiger partial charge in [-0.15, -0.1) is 5.10 Å². The molecule has 6 rings (SSSR count). The first kappa shape index (κ1) is 43.0. The first-order chi connectivity index (χ1) is 28.8. The summed E-state index contributed by atoms with van der Waals surface area (Å²) in [5.74, 6) is 1.11. The molecule has 4 aromatic rings. The maximum absolute atomic E-state index is 12.8. The molecule has 0 atom stereocenters. The van der Waals surface area contributed by atoms with Crippen molar-refractivity contribution in [3.63, 3.8) is 0 Å².